The van der Waals surface area contributed by atoms with Crippen LogP contribution in [0.5, 0.6) is 5.75 Å². The molecule has 1 amide bonds. The molecule has 0 N–H and O–H groups in total. The summed E-state index contributed by atoms with van der Waals surface area (Å²) in [7, 11) is 1.63. The molecule has 0 saturated carbocycles. The van der Waals surface area contributed by atoms with Crippen molar-refractivity contribution in [1.29, 1.82) is 0 Å². The van der Waals surface area contributed by atoms with E-state index in [4.69, 9.17) is 9.15 Å². The number of rotatable bonds is 8. The third kappa shape index (κ3) is 5.00. The van der Waals surface area contributed by atoms with Gasteiger partial charge in [-0.25, -0.2) is 4.39 Å². The minimum atomic E-state index is -0.271. The number of methoxy groups -OCH3 is 1. The van der Waals surface area contributed by atoms with Gasteiger partial charge in [0, 0.05) is 25.9 Å². The summed E-state index contributed by atoms with van der Waals surface area (Å²) in [4.78, 5) is 14.0. The molecule has 3 rings (SSSR count). The van der Waals surface area contributed by atoms with E-state index in [2.05, 4.69) is 0 Å². The molecule has 1 atom stereocenters. The van der Waals surface area contributed by atoms with Crippen LogP contribution in [-0.2, 0) is 11.3 Å². The largest absolute Gasteiger partial charge is 0.497 e. The van der Waals surface area contributed by atoms with E-state index in [0.29, 0.717) is 19.5 Å². The van der Waals surface area contributed by atoms with Crippen molar-refractivity contribution in [3.63, 3.8) is 0 Å². The molecule has 0 unspecified atom stereocenters. The second kappa shape index (κ2) is 9.22. The molecule has 1 aromatic heterocycles. The van der Waals surface area contributed by atoms with Crippen molar-refractivity contribution in [2.75, 3.05) is 13.7 Å². The van der Waals surface area contributed by atoms with E-state index in [0.717, 1.165) is 22.6 Å². The summed E-state index contributed by atoms with van der Waals surface area (Å²) >= 11 is 0. The van der Waals surface area contributed by atoms with Crippen LogP contribution < -0.4 is 4.74 Å². The maximum absolute atomic E-state index is 13.3. The summed E-state index contributed by atoms with van der Waals surface area (Å²) in [6, 6.07) is 17.9. The fourth-order valence-electron chi connectivity index (χ4n) is 3.24. The molecule has 4 nitrogen and oxygen atoms in total. The number of halogens is 1. The van der Waals surface area contributed by atoms with Gasteiger partial charge >= 0.3 is 0 Å². The maximum Gasteiger partial charge on any atom is 0.219 e. The van der Waals surface area contributed by atoms with Crippen molar-refractivity contribution >= 4 is 5.91 Å². The van der Waals surface area contributed by atoms with Gasteiger partial charge in [-0.3, -0.25) is 4.79 Å². The van der Waals surface area contributed by atoms with Crippen LogP contribution in [0.2, 0.25) is 0 Å². The molecule has 0 spiro atoms. The summed E-state index contributed by atoms with van der Waals surface area (Å²) < 4.78 is 24.1. The molecule has 0 aliphatic carbocycles. The van der Waals surface area contributed by atoms with E-state index in [1.807, 2.05) is 36.4 Å². The molecule has 0 aliphatic rings. The summed E-state index contributed by atoms with van der Waals surface area (Å²) in [6.45, 7) is 2.65. The minimum Gasteiger partial charge on any atom is -0.497 e. The maximum atomic E-state index is 13.3. The number of hydrogen-bond acceptors (Lipinski definition) is 3. The van der Waals surface area contributed by atoms with Gasteiger partial charge in [0.15, 0.2) is 0 Å². The van der Waals surface area contributed by atoms with Crippen molar-refractivity contribution < 1.29 is 18.3 Å². The Kier molecular flexibility index (Phi) is 6.48. The number of carbonyl (C=O) groups is 1. The van der Waals surface area contributed by atoms with E-state index >= 15 is 0 Å². The van der Waals surface area contributed by atoms with Crippen molar-refractivity contribution in [2.45, 2.75) is 25.8 Å². The zero-order valence-corrected chi connectivity index (χ0v) is 16.1. The SMILES string of the molecule is COc1ccc(CN(CC[C@@H](c2ccc(F)cc2)c2ccco2)C(C)=O)cc1. The van der Waals surface area contributed by atoms with E-state index in [1.54, 1.807) is 37.3 Å². The summed E-state index contributed by atoms with van der Waals surface area (Å²) in [6.07, 6.45) is 2.31. The highest BCUT2D eigenvalue weighted by atomic mass is 19.1. The molecular formula is C23H24FNO3. The molecule has 2 aromatic carbocycles. The Bertz CT molecular complexity index is 873. The van der Waals surface area contributed by atoms with Gasteiger partial charge in [0.25, 0.3) is 0 Å². The lowest BCUT2D eigenvalue weighted by atomic mass is 9.93. The number of hydrogen-bond donors (Lipinski definition) is 0. The quantitative estimate of drug-likeness (QED) is 0.552. The molecule has 146 valence electrons. The van der Waals surface area contributed by atoms with E-state index in [9.17, 15) is 9.18 Å². The average molecular weight is 381 g/mol. The van der Waals surface area contributed by atoms with Crippen LogP contribution in [0.15, 0.2) is 71.3 Å². The molecule has 0 radical (unpaired) electrons. The Hall–Kier alpha value is -3.08. The molecule has 0 fully saturated rings. The van der Waals surface area contributed by atoms with Crippen molar-refractivity contribution in [2.24, 2.45) is 0 Å². The summed E-state index contributed by atoms with van der Waals surface area (Å²) in [5.74, 6) is 1.28. The Morgan fingerprint density at radius 1 is 1.11 bits per heavy atom. The second-order valence-corrected chi connectivity index (χ2v) is 6.70. The topological polar surface area (TPSA) is 42.7 Å². The van der Waals surface area contributed by atoms with Gasteiger partial charge in [-0.2, -0.15) is 0 Å². The predicted octanol–water partition coefficient (Wildman–Crippen LogP) is 5.00. The number of ether oxygens (including phenoxy) is 1. The number of furan rings is 1. The highest BCUT2D eigenvalue weighted by Gasteiger charge is 2.20. The molecule has 28 heavy (non-hydrogen) atoms. The zero-order valence-electron chi connectivity index (χ0n) is 16.1. The standard InChI is InChI=1S/C23H24FNO3/c1-17(26)25(16-18-5-11-21(27-2)12-6-18)14-13-22(23-4-3-15-28-23)19-7-9-20(24)10-8-19/h3-12,15,22H,13-14,16H2,1-2H3/t22-/m0/s1. The number of nitrogens with zero attached hydrogens (tertiary/aromatic N) is 1. The van der Waals surface area contributed by atoms with Crippen LogP contribution in [0.25, 0.3) is 0 Å². The third-order valence-corrected chi connectivity index (χ3v) is 4.82. The first-order valence-electron chi connectivity index (χ1n) is 9.24. The molecule has 3 aromatic rings. The lowest BCUT2D eigenvalue weighted by Crippen LogP contribution is -2.30. The Morgan fingerprint density at radius 3 is 2.39 bits per heavy atom. The van der Waals surface area contributed by atoms with Gasteiger partial charge in [0.05, 0.1) is 13.4 Å². The second-order valence-electron chi connectivity index (χ2n) is 6.70. The Labute approximate surface area is 164 Å². The fourth-order valence-corrected chi connectivity index (χ4v) is 3.24. The Morgan fingerprint density at radius 2 is 1.82 bits per heavy atom. The van der Waals surface area contributed by atoms with Crippen LogP contribution in [0.1, 0.15) is 36.1 Å². The number of benzene rings is 2. The molecule has 5 heteroatoms. The van der Waals surface area contributed by atoms with Gasteiger partial charge in [-0.05, 0) is 53.9 Å². The fraction of sp³-hybridized carbons (Fsp3) is 0.261. The first kappa shape index (κ1) is 19.7. The van der Waals surface area contributed by atoms with Gasteiger partial charge < -0.3 is 14.1 Å². The number of amides is 1. The highest BCUT2D eigenvalue weighted by molar-refractivity contribution is 5.73. The zero-order chi connectivity index (χ0) is 19.9. The monoisotopic (exact) mass is 381 g/mol. The lowest BCUT2D eigenvalue weighted by Gasteiger charge is -2.24. The van der Waals surface area contributed by atoms with Gasteiger partial charge in [0.2, 0.25) is 5.91 Å². The molecular weight excluding hydrogens is 357 g/mol. The normalized spacial score (nSPS) is 11.8. The smallest absolute Gasteiger partial charge is 0.219 e. The van der Waals surface area contributed by atoms with E-state index in [1.165, 1.54) is 12.1 Å². The third-order valence-electron chi connectivity index (χ3n) is 4.82. The Balaban J connectivity index is 1.73. The van der Waals surface area contributed by atoms with Crippen LogP contribution in [-0.4, -0.2) is 24.5 Å². The number of carbonyl (C=O) groups excluding carboxylic acids is 1. The van der Waals surface area contributed by atoms with E-state index < -0.39 is 0 Å². The minimum absolute atomic E-state index is 0.00752. The van der Waals surface area contributed by atoms with Crippen LogP contribution in [0.4, 0.5) is 4.39 Å². The van der Waals surface area contributed by atoms with Gasteiger partial charge in [-0.1, -0.05) is 24.3 Å². The van der Waals surface area contributed by atoms with Crippen molar-refractivity contribution in [1.82, 2.24) is 4.90 Å². The predicted molar refractivity (Wildman–Crippen MR) is 106 cm³/mol. The van der Waals surface area contributed by atoms with Crippen molar-refractivity contribution in [3.8, 4) is 5.75 Å². The first-order chi connectivity index (χ1) is 13.6. The van der Waals surface area contributed by atoms with Gasteiger partial charge in [0.1, 0.15) is 17.3 Å². The van der Waals surface area contributed by atoms with Crippen molar-refractivity contribution in [3.05, 3.63) is 89.6 Å². The van der Waals surface area contributed by atoms with E-state index in [-0.39, 0.29) is 17.6 Å². The molecule has 0 aliphatic heterocycles. The average Bonchev–Trinajstić information content (AvgIpc) is 3.23. The van der Waals surface area contributed by atoms with Crippen LogP contribution in [0, 0.1) is 5.82 Å². The van der Waals surface area contributed by atoms with Crippen LogP contribution >= 0.6 is 0 Å². The highest BCUT2D eigenvalue weighted by Crippen LogP contribution is 2.29. The summed E-state index contributed by atoms with van der Waals surface area (Å²) in [5.41, 5.74) is 2.00. The molecule has 0 bridgehead atoms. The molecule has 1 heterocycles. The lowest BCUT2D eigenvalue weighted by molar-refractivity contribution is -0.129. The first-order valence-corrected chi connectivity index (χ1v) is 9.24. The molecule has 0 saturated heterocycles. The van der Waals surface area contributed by atoms with Crippen LogP contribution in [0.3, 0.4) is 0 Å². The summed E-state index contributed by atoms with van der Waals surface area (Å²) in [5, 5.41) is 0. The van der Waals surface area contributed by atoms with Gasteiger partial charge in [-0.15, -0.1) is 0 Å².